The Morgan fingerprint density at radius 2 is 2.00 bits per heavy atom. The highest BCUT2D eigenvalue weighted by molar-refractivity contribution is 9.10. The van der Waals surface area contributed by atoms with E-state index in [1.807, 2.05) is 0 Å². The standard InChI is InChI=1S/C13H7BrClNO5/c14-10-6-8(2-3-9(10)13(17)18)21-12-4-1-7(15)5-11(12)16(19)20/h1-6H,(H,17,18). The van der Waals surface area contributed by atoms with Crippen LogP contribution >= 0.6 is 27.5 Å². The normalized spacial score (nSPS) is 10.2. The maximum atomic E-state index is 11.0. The van der Waals surface area contributed by atoms with Gasteiger partial charge in [0.25, 0.3) is 0 Å². The van der Waals surface area contributed by atoms with Crippen molar-refractivity contribution in [3.63, 3.8) is 0 Å². The van der Waals surface area contributed by atoms with Crippen LogP contribution in [0.1, 0.15) is 10.4 Å². The predicted octanol–water partition coefficient (Wildman–Crippen LogP) is 4.50. The SMILES string of the molecule is O=C(O)c1ccc(Oc2ccc(Cl)cc2[N+](=O)[O-])cc1Br. The van der Waals surface area contributed by atoms with Gasteiger partial charge in [-0.15, -0.1) is 0 Å². The third-order valence-corrected chi connectivity index (χ3v) is 3.41. The van der Waals surface area contributed by atoms with Gasteiger partial charge in [0.2, 0.25) is 5.75 Å². The Morgan fingerprint density at radius 1 is 1.29 bits per heavy atom. The van der Waals surface area contributed by atoms with E-state index in [9.17, 15) is 14.9 Å². The molecule has 2 aromatic rings. The van der Waals surface area contributed by atoms with Crippen molar-refractivity contribution in [3.8, 4) is 11.5 Å². The van der Waals surface area contributed by atoms with Gasteiger partial charge in [-0.25, -0.2) is 4.79 Å². The molecular weight excluding hydrogens is 366 g/mol. The van der Waals surface area contributed by atoms with Gasteiger partial charge in [-0.3, -0.25) is 10.1 Å². The number of halogens is 2. The van der Waals surface area contributed by atoms with Crippen LogP contribution in [0.15, 0.2) is 40.9 Å². The van der Waals surface area contributed by atoms with Crippen LogP contribution in [0.4, 0.5) is 5.69 Å². The first-order chi connectivity index (χ1) is 9.88. The fourth-order valence-electron chi connectivity index (χ4n) is 1.58. The molecule has 0 saturated heterocycles. The van der Waals surface area contributed by atoms with E-state index in [4.69, 9.17) is 21.4 Å². The Hall–Kier alpha value is -2.12. The summed E-state index contributed by atoms with van der Waals surface area (Å²) in [6, 6.07) is 8.18. The van der Waals surface area contributed by atoms with Gasteiger partial charge < -0.3 is 9.84 Å². The number of nitro groups is 1. The zero-order valence-electron chi connectivity index (χ0n) is 10.2. The summed E-state index contributed by atoms with van der Waals surface area (Å²) in [6.07, 6.45) is 0. The number of nitrogens with zero attached hydrogens (tertiary/aromatic N) is 1. The van der Waals surface area contributed by atoms with Gasteiger partial charge in [0, 0.05) is 15.6 Å². The summed E-state index contributed by atoms with van der Waals surface area (Å²) in [5.74, 6) is -0.817. The fraction of sp³-hybridized carbons (Fsp3) is 0. The van der Waals surface area contributed by atoms with Crippen molar-refractivity contribution < 1.29 is 19.6 Å². The van der Waals surface area contributed by atoms with E-state index in [0.29, 0.717) is 4.47 Å². The molecule has 0 spiro atoms. The highest BCUT2D eigenvalue weighted by Crippen LogP contribution is 2.34. The molecule has 2 rings (SSSR count). The first kappa shape index (κ1) is 15.3. The number of hydrogen-bond acceptors (Lipinski definition) is 4. The molecule has 0 fully saturated rings. The second-order valence-corrected chi connectivity index (χ2v) is 5.21. The van der Waals surface area contributed by atoms with E-state index in [1.54, 1.807) is 0 Å². The van der Waals surface area contributed by atoms with Crippen LogP contribution in [0.5, 0.6) is 11.5 Å². The molecule has 21 heavy (non-hydrogen) atoms. The van der Waals surface area contributed by atoms with Crippen molar-refractivity contribution in [1.82, 2.24) is 0 Å². The smallest absolute Gasteiger partial charge is 0.336 e. The summed E-state index contributed by atoms with van der Waals surface area (Å²) < 4.78 is 5.73. The summed E-state index contributed by atoms with van der Waals surface area (Å²) in [6.45, 7) is 0. The third kappa shape index (κ3) is 3.50. The minimum absolute atomic E-state index is 0.0133. The second kappa shape index (κ2) is 6.11. The average Bonchev–Trinajstić information content (AvgIpc) is 2.40. The van der Waals surface area contributed by atoms with Crippen LogP contribution in [0.3, 0.4) is 0 Å². The summed E-state index contributed by atoms with van der Waals surface area (Å²) in [4.78, 5) is 21.2. The number of hydrogen-bond donors (Lipinski definition) is 1. The fourth-order valence-corrected chi connectivity index (χ4v) is 2.27. The molecule has 0 bridgehead atoms. The Kier molecular flexibility index (Phi) is 4.44. The number of benzene rings is 2. The Labute approximate surface area is 132 Å². The molecule has 0 amide bonds. The molecule has 0 aliphatic heterocycles. The van der Waals surface area contributed by atoms with Crippen molar-refractivity contribution >= 4 is 39.2 Å². The molecule has 8 heteroatoms. The lowest BCUT2D eigenvalue weighted by molar-refractivity contribution is -0.385. The first-order valence-corrected chi connectivity index (χ1v) is 6.70. The van der Waals surface area contributed by atoms with Crippen LogP contribution in [0.25, 0.3) is 0 Å². The van der Waals surface area contributed by atoms with Crippen LogP contribution in [-0.2, 0) is 0 Å². The number of nitro benzene ring substituents is 1. The average molecular weight is 373 g/mol. The second-order valence-electron chi connectivity index (χ2n) is 3.92. The summed E-state index contributed by atoms with van der Waals surface area (Å²) in [5.41, 5.74) is -0.214. The first-order valence-electron chi connectivity index (χ1n) is 5.53. The highest BCUT2D eigenvalue weighted by Gasteiger charge is 2.17. The number of carbonyl (C=O) groups is 1. The molecular formula is C13H7BrClNO5. The molecule has 6 nitrogen and oxygen atoms in total. The number of carboxylic acid groups (broad SMARTS) is 1. The summed E-state index contributed by atoms with van der Waals surface area (Å²) >= 11 is 8.82. The van der Waals surface area contributed by atoms with Gasteiger partial charge >= 0.3 is 11.7 Å². The van der Waals surface area contributed by atoms with Gasteiger partial charge in [-0.1, -0.05) is 11.6 Å². The van der Waals surface area contributed by atoms with E-state index in [1.165, 1.54) is 36.4 Å². The molecule has 0 atom stereocenters. The van der Waals surface area contributed by atoms with E-state index >= 15 is 0 Å². The van der Waals surface area contributed by atoms with Crippen molar-refractivity contribution in [3.05, 3.63) is 61.6 Å². The Morgan fingerprint density at radius 3 is 2.57 bits per heavy atom. The predicted molar refractivity (Wildman–Crippen MR) is 79.3 cm³/mol. The minimum Gasteiger partial charge on any atom is -0.478 e. The highest BCUT2D eigenvalue weighted by atomic mass is 79.9. The summed E-state index contributed by atoms with van der Waals surface area (Å²) in [5, 5.41) is 20.1. The number of rotatable bonds is 4. The molecule has 2 aromatic carbocycles. The molecule has 108 valence electrons. The molecule has 0 unspecified atom stereocenters. The maximum absolute atomic E-state index is 11.0. The monoisotopic (exact) mass is 371 g/mol. The van der Waals surface area contributed by atoms with Crippen LogP contribution < -0.4 is 4.74 Å². The lowest BCUT2D eigenvalue weighted by atomic mass is 10.2. The van der Waals surface area contributed by atoms with Gasteiger partial charge in [0.1, 0.15) is 5.75 Å². The van der Waals surface area contributed by atoms with Gasteiger partial charge in [0.15, 0.2) is 0 Å². The molecule has 0 aliphatic rings. The van der Waals surface area contributed by atoms with Crippen LogP contribution in [-0.4, -0.2) is 16.0 Å². The van der Waals surface area contributed by atoms with Crippen molar-refractivity contribution in [2.24, 2.45) is 0 Å². The van der Waals surface area contributed by atoms with Crippen molar-refractivity contribution in [1.29, 1.82) is 0 Å². The quantitative estimate of drug-likeness (QED) is 0.630. The lowest BCUT2D eigenvalue weighted by Crippen LogP contribution is -1.98. The topological polar surface area (TPSA) is 89.7 Å². The van der Waals surface area contributed by atoms with Crippen LogP contribution in [0, 0.1) is 10.1 Å². The number of carboxylic acids is 1. The van der Waals surface area contributed by atoms with E-state index in [2.05, 4.69) is 15.9 Å². The molecule has 0 aromatic heterocycles. The zero-order valence-corrected chi connectivity index (χ0v) is 12.6. The number of aromatic carboxylic acids is 1. The van der Waals surface area contributed by atoms with Gasteiger partial charge in [-0.2, -0.15) is 0 Å². The molecule has 0 radical (unpaired) electrons. The lowest BCUT2D eigenvalue weighted by Gasteiger charge is -2.08. The van der Waals surface area contributed by atoms with Gasteiger partial charge in [-0.05, 0) is 46.3 Å². The molecule has 0 aliphatic carbocycles. The van der Waals surface area contributed by atoms with Gasteiger partial charge in [0.05, 0.1) is 10.5 Å². The van der Waals surface area contributed by atoms with E-state index in [-0.39, 0.29) is 27.8 Å². The Bertz CT molecular complexity index is 734. The van der Waals surface area contributed by atoms with E-state index < -0.39 is 10.9 Å². The largest absolute Gasteiger partial charge is 0.478 e. The third-order valence-electron chi connectivity index (χ3n) is 2.52. The molecule has 0 saturated carbocycles. The Balaban J connectivity index is 2.37. The summed E-state index contributed by atoms with van der Waals surface area (Å²) in [7, 11) is 0. The van der Waals surface area contributed by atoms with Crippen molar-refractivity contribution in [2.75, 3.05) is 0 Å². The molecule has 1 N–H and O–H groups in total. The minimum atomic E-state index is -1.09. The number of ether oxygens (including phenoxy) is 1. The zero-order chi connectivity index (χ0) is 15.6. The van der Waals surface area contributed by atoms with Crippen LogP contribution in [0.2, 0.25) is 5.02 Å². The maximum Gasteiger partial charge on any atom is 0.336 e. The van der Waals surface area contributed by atoms with Crippen molar-refractivity contribution in [2.45, 2.75) is 0 Å². The van der Waals surface area contributed by atoms with E-state index in [0.717, 1.165) is 0 Å². The molecule has 0 heterocycles.